The molecule has 0 aliphatic rings. The number of rotatable bonds is 6. The van der Waals surface area contributed by atoms with E-state index in [4.69, 9.17) is 0 Å². The van der Waals surface area contributed by atoms with E-state index in [-0.39, 0.29) is 18.8 Å². The lowest BCUT2D eigenvalue weighted by atomic mass is 9.90. The summed E-state index contributed by atoms with van der Waals surface area (Å²) in [7, 11) is 0.901. The minimum Gasteiger partial charge on any atom is -0.465 e. The van der Waals surface area contributed by atoms with Crippen LogP contribution in [0.15, 0.2) is 12.3 Å². The SMILES string of the molecule is CCc1ccnn1C(=O)c1c(C(F)(F)F)nc(C(F)F)c(C(=O)OC)c1CC(C)C. The van der Waals surface area contributed by atoms with Crippen LogP contribution in [0.2, 0.25) is 0 Å². The second-order valence-electron chi connectivity index (χ2n) is 6.86. The van der Waals surface area contributed by atoms with Crippen LogP contribution >= 0.6 is 0 Å². The maximum atomic E-state index is 13.8. The number of alkyl halides is 5. The maximum absolute atomic E-state index is 13.8. The summed E-state index contributed by atoms with van der Waals surface area (Å²) in [6.45, 7) is 4.88. The third kappa shape index (κ3) is 4.49. The van der Waals surface area contributed by atoms with E-state index < -0.39 is 52.6 Å². The zero-order valence-corrected chi connectivity index (χ0v) is 16.7. The molecule has 0 spiro atoms. The van der Waals surface area contributed by atoms with Gasteiger partial charge in [-0.2, -0.15) is 18.3 Å². The van der Waals surface area contributed by atoms with Crippen molar-refractivity contribution in [3.63, 3.8) is 0 Å². The molecule has 2 heterocycles. The standard InChI is InChI=1S/C19H20F5N3O3/c1-5-10-6-7-25-27(10)17(28)13-11(8-9(2)3)12(18(29)30-4)14(16(20)21)26-15(13)19(22,23)24/h6-7,9,16H,5,8H2,1-4H3. The monoisotopic (exact) mass is 433 g/mol. The van der Waals surface area contributed by atoms with Crippen LogP contribution in [0.25, 0.3) is 0 Å². The molecule has 0 N–H and O–H groups in total. The number of aryl methyl sites for hydroxylation is 1. The Morgan fingerprint density at radius 3 is 2.30 bits per heavy atom. The Hall–Kier alpha value is -2.85. The van der Waals surface area contributed by atoms with Crippen LogP contribution < -0.4 is 0 Å². The number of aromatic nitrogens is 3. The molecule has 2 aromatic heterocycles. The number of hydrogen-bond donors (Lipinski definition) is 0. The van der Waals surface area contributed by atoms with Gasteiger partial charge in [-0.15, -0.1) is 0 Å². The molecule has 0 fully saturated rings. The van der Waals surface area contributed by atoms with Gasteiger partial charge in [-0.05, 0) is 30.4 Å². The van der Waals surface area contributed by atoms with Crippen molar-refractivity contribution in [2.75, 3.05) is 7.11 Å². The highest BCUT2D eigenvalue weighted by atomic mass is 19.4. The summed E-state index contributed by atoms with van der Waals surface area (Å²) in [5, 5.41) is 3.77. The molecule has 11 heteroatoms. The highest BCUT2D eigenvalue weighted by molar-refractivity contribution is 6.02. The lowest BCUT2D eigenvalue weighted by molar-refractivity contribution is -0.141. The van der Waals surface area contributed by atoms with Crippen molar-refractivity contribution >= 4 is 11.9 Å². The van der Waals surface area contributed by atoms with Gasteiger partial charge in [0.25, 0.3) is 12.3 Å². The van der Waals surface area contributed by atoms with Crippen LogP contribution in [0.5, 0.6) is 0 Å². The van der Waals surface area contributed by atoms with E-state index in [2.05, 4.69) is 14.8 Å². The molecule has 0 aromatic carbocycles. The normalized spacial score (nSPS) is 12.0. The highest BCUT2D eigenvalue weighted by Gasteiger charge is 2.43. The van der Waals surface area contributed by atoms with Crippen molar-refractivity contribution in [2.24, 2.45) is 5.92 Å². The number of carbonyl (C=O) groups excluding carboxylic acids is 2. The van der Waals surface area contributed by atoms with E-state index in [1.807, 2.05) is 0 Å². The number of esters is 1. The van der Waals surface area contributed by atoms with Crippen LogP contribution in [0.4, 0.5) is 22.0 Å². The van der Waals surface area contributed by atoms with Crippen LogP contribution in [-0.4, -0.2) is 33.8 Å². The molecule has 0 aliphatic heterocycles. The molecule has 0 aliphatic carbocycles. The quantitative estimate of drug-likeness (QED) is 0.497. The third-order valence-corrected chi connectivity index (χ3v) is 4.30. The van der Waals surface area contributed by atoms with E-state index in [9.17, 15) is 31.5 Å². The van der Waals surface area contributed by atoms with Crippen LogP contribution in [-0.2, 0) is 23.8 Å². The molecular weight excluding hydrogens is 413 g/mol. The zero-order chi connectivity index (χ0) is 22.8. The summed E-state index contributed by atoms with van der Waals surface area (Å²) in [5.41, 5.74) is -5.17. The summed E-state index contributed by atoms with van der Waals surface area (Å²) < 4.78 is 73.9. The fourth-order valence-electron chi connectivity index (χ4n) is 3.08. The zero-order valence-electron chi connectivity index (χ0n) is 16.7. The first-order valence-corrected chi connectivity index (χ1v) is 9.01. The van der Waals surface area contributed by atoms with Crippen molar-refractivity contribution in [1.29, 1.82) is 0 Å². The first-order chi connectivity index (χ1) is 13.9. The Morgan fingerprint density at radius 1 is 1.20 bits per heavy atom. The molecular formula is C19H20F5N3O3. The van der Waals surface area contributed by atoms with Gasteiger partial charge in [0, 0.05) is 11.9 Å². The molecule has 0 bridgehead atoms. The average Bonchev–Trinajstić information content (AvgIpc) is 3.13. The Kier molecular flexibility index (Phi) is 6.94. The molecule has 30 heavy (non-hydrogen) atoms. The van der Waals surface area contributed by atoms with Crippen molar-refractivity contribution in [3.05, 3.63) is 46.0 Å². The fraction of sp³-hybridized carbons (Fsp3) is 0.474. The number of methoxy groups -OCH3 is 1. The van der Waals surface area contributed by atoms with Gasteiger partial charge in [0.15, 0.2) is 5.69 Å². The molecule has 0 radical (unpaired) electrons. The van der Waals surface area contributed by atoms with Gasteiger partial charge < -0.3 is 4.74 Å². The largest absolute Gasteiger partial charge is 0.465 e. The van der Waals surface area contributed by atoms with Crippen LogP contribution in [0.3, 0.4) is 0 Å². The van der Waals surface area contributed by atoms with Crippen LogP contribution in [0, 0.1) is 5.92 Å². The first-order valence-electron chi connectivity index (χ1n) is 9.01. The molecule has 0 saturated heterocycles. The second-order valence-corrected chi connectivity index (χ2v) is 6.86. The summed E-state index contributed by atoms with van der Waals surface area (Å²) in [5.74, 6) is -2.89. The van der Waals surface area contributed by atoms with E-state index in [0.717, 1.165) is 11.8 Å². The van der Waals surface area contributed by atoms with E-state index in [1.54, 1.807) is 20.8 Å². The second kappa shape index (κ2) is 8.88. The van der Waals surface area contributed by atoms with E-state index in [1.165, 1.54) is 12.3 Å². The predicted molar refractivity (Wildman–Crippen MR) is 95.4 cm³/mol. The van der Waals surface area contributed by atoms with Crippen molar-refractivity contribution in [2.45, 2.75) is 46.2 Å². The number of nitrogens with zero attached hydrogens (tertiary/aromatic N) is 3. The Labute approximate surface area is 169 Å². The molecule has 2 aromatic rings. The minimum absolute atomic E-state index is 0.264. The number of ether oxygens (including phenoxy) is 1. The highest BCUT2D eigenvalue weighted by Crippen LogP contribution is 2.38. The molecule has 6 nitrogen and oxygen atoms in total. The number of hydrogen-bond acceptors (Lipinski definition) is 5. The molecule has 0 atom stereocenters. The number of pyridine rings is 1. The molecule has 0 unspecified atom stereocenters. The Bertz CT molecular complexity index is 952. The topological polar surface area (TPSA) is 74.1 Å². The van der Waals surface area contributed by atoms with E-state index in [0.29, 0.717) is 5.69 Å². The third-order valence-electron chi connectivity index (χ3n) is 4.30. The maximum Gasteiger partial charge on any atom is 0.434 e. The predicted octanol–water partition coefficient (Wildman–Crippen LogP) is 4.47. The van der Waals surface area contributed by atoms with Gasteiger partial charge in [-0.25, -0.2) is 23.2 Å². The van der Waals surface area contributed by atoms with Gasteiger partial charge in [-0.1, -0.05) is 20.8 Å². The van der Waals surface area contributed by atoms with E-state index >= 15 is 0 Å². The minimum atomic E-state index is -5.23. The summed E-state index contributed by atoms with van der Waals surface area (Å²) in [6.07, 6.45) is -7.48. The fourth-order valence-corrected chi connectivity index (χ4v) is 3.08. The molecule has 0 saturated carbocycles. The summed E-state index contributed by atoms with van der Waals surface area (Å²) in [6, 6.07) is 1.44. The number of halogens is 5. The Balaban J connectivity index is 3.02. The molecule has 164 valence electrons. The van der Waals surface area contributed by atoms with Gasteiger partial charge >= 0.3 is 12.1 Å². The summed E-state index contributed by atoms with van der Waals surface area (Å²) in [4.78, 5) is 28.4. The lowest BCUT2D eigenvalue weighted by Gasteiger charge is -2.22. The Morgan fingerprint density at radius 2 is 1.83 bits per heavy atom. The van der Waals surface area contributed by atoms with Crippen molar-refractivity contribution in [3.8, 4) is 0 Å². The van der Waals surface area contributed by atoms with Gasteiger partial charge in [0.1, 0.15) is 5.69 Å². The first kappa shape index (κ1) is 23.4. The van der Waals surface area contributed by atoms with Crippen molar-refractivity contribution < 1.29 is 36.3 Å². The molecule has 0 amide bonds. The van der Waals surface area contributed by atoms with Crippen molar-refractivity contribution in [1.82, 2.24) is 14.8 Å². The van der Waals surface area contributed by atoms with Gasteiger partial charge in [0.05, 0.1) is 18.2 Å². The molecule has 2 rings (SSSR count). The number of carbonyl (C=O) groups is 2. The van der Waals surface area contributed by atoms with Gasteiger partial charge in [0.2, 0.25) is 0 Å². The summed E-state index contributed by atoms with van der Waals surface area (Å²) >= 11 is 0. The lowest BCUT2D eigenvalue weighted by Crippen LogP contribution is -2.28. The van der Waals surface area contributed by atoms with Gasteiger partial charge in [-0.3, -0.25) is 4.79 Å². The van der Waals surface area contributed by atoms with Crippen LogP contribution in [0.1, 0.15) is 70.6 Å². The average molecular weight is 433 g/mol. The smallest absolute Gasteiger partial charge is 0.434 e.